The van der Waals surface area contributed by atoms with E-state index in [9.17, 15) is 4.79 Å². The molecule has 94 valence electrons. The maximum Gasteiger partial charge on any atom is 0.255 e. The lowest BCUT2D eigenvalue weighted by atomic mass is 10.1. The van der Waals surface area contributed by atoms with Gasteiger partial charge in [-0.2, -0.15) is 0 Å². The van der Waals surface area contributed by atoms with Gasteiger partial charge in [0.05, 0.1) is 5.56 Å². The summed E-state index contributed by atoms with van der Waals surface area (Å²) < 4.78 is 1.97. The smallest absolute Gasteiger partial charge is 0.255 e. The van der Waals surface area contributed by atoms with Crippen molar-refractivity contribution in [1.82, 2.24) is 9.30 Å². The molecule has 2 aromatic heterocycles. The monoisotopic (exact) mass is 243 g/mol. The van der Waals surface area contributed by atoms with E-state index in [1.165, 1.54) is 0 Å². The number of nitrogens with two attached hydrogens (primary N) is 1. The lowest BCUT2D eigenvalue weighted by Crippen LogP contribution is -2.45. The summed E-state index contributed by atoms with van der Waals surface area (Å²) in [5.41, 5.74) is 7.71. The van der Waals surface area contributed by atoms with Gasteiger partial charge in [-0.25, -0.2) is 0 Å². The number of hydrogen-bond acceptors (Lipinski definition) is 2. The van der Waals surface area contributed by atoms with Crippen LogP contribution in [0.1, 0.15) is 23.2 Å². The summed E-state index contributed by atoms with van der Waals surface area (Å²) in [6.45, 7) is 1.49. The van der Waals surface area contributed by atoms with Gasteiger partial charge in [0, 0.05) is 37.0 Å². The molecule has 0 aromatic carbocycles. The fourth-order valence-electron chi connectivity index (χ4n) is 2.55. The van der Waals surface area contributed by atoms with Gasteiger partial charge in [-0.1, -0.05) is 6.07 Å². The van der Waals surface area contributed by atoms with Crippen LogP contribution < -0.4 is 5.73 Å². The molecular formula is C14H17N3O. The van der Waals surface area contributed by atoms with Crippen molar-refractivity contribution in [3.63, 3.8) is 0 Å². The number of likely N-dealkylation sites (tertiary alicyclic amines) is 1. The predicted octanol–water partition coefficient (Wildman–Crippen LogP) is 1.50. The molecule has 1 atom stereocenters. The number of carbonyl (C=O) groups is 1. The largest absolute Gasteiger partial charge is 0.337 e. The number of hydrogen-bond donors (Lipinski definition) is 1. The molecule has 0 aliphatic carbocycles. The van der Waals surface area contributed by atoms with Crippen LogP contribution in [0.2, 0.25) is 0 Å². The topological polar surface area (TPSA) is 50.7 Å². The van der Waals surface area contributed by atoms with Crippen LogP contribution in [0.3, 0.4) is 0 Å². The molecule has 1 fully saturated rings. The Kier molecular flexibility index (Phi) is 2.80. The summed E-state index contributed by atoms with van der Waals surface area (Å²) in [5, 5.41) is 0. The molecule has 2 N–H and O–H groups in total. The third-order valence-electron chi connectivity index (χ3n) is 3.50. The molecule has 0 saturated carbocycles. The quantitative estimate of drug-likeness (QED) is 0.825. The lowest BCUT2D eigenvalue weighted by Gasteiger charge is -2.30. The third kappa shape index (κ3) is 1.99. The van der Waals surface area contributed by atoms with Crippen LogP contribution in [0.4, 0.5) is 0 Å². The van der Waals surface area contributed by atoms with Crippen molar-refractivity contribution in [2.75, 3.05) is 13.1 Å². The Morgan fingerprint density at radius 2 is 2.28 bits per heavy atom. The van der Waals surface area contributed by atoms with Crippen molar-refractivity contribution in [3.8, 4) is 0 Å². The molecule has 4 nitrogen and oxygen atoms in total. The van der Waals surface area contributed by atoms with Gasteiger partial charge in [0.2, 0.25) is 0 Å². The minimum absolute atomic E-state index is 0.0915. The van der Waals surface area contributed by atoms with Crippen molar-refractivity contribution < 1.29 is 4.79 Å². The van der Waals surface area contributed by atoms with E-state index >= 15 is 0 Å². The fourth-order valence-corrected chi connectivity index (χ4v) is 2.55. The summed E-state index contributed by atoms with van der Waals surface area (Å²) in [5.74, 6) is 0.0915. The molecule has 0 radical (unpaired) electrons. The van der Waals surface area contributed by atoms with Crippen LogP contribution >= 0.6 is 0 Å². The first kappa shape index (κ1) is 11.3. The Bertz CT molecular complexity index is 542. The van der Waals surface area contributed by atoms with Crippen LogP contribution in [-0.4, -0.2) is 34.3 Å². The molecule has 18 heavy (non-hydrogen) atoms. The van der Waals surface area contributed by atoms with E-state index in [1.807, 2.05) is 46.0 Å². The number of fused-ring (bicyclic) bond motifs is 1. The standard InChI is InChI=1S/C14H17N3O/c15-12-4-3-7-17(10-12)14(18)11-8-13-5-1-2-6-16(13)9-11/h1-2,5-6,8-9,12H,3-4,7,10,15H2. The Labute approximate surface area is 106 Å². The van der Waals surface area contributed by atoms with E-state index < -0.39 is 0 Å². The van der Waals surface area contributed by atoms with E-state index in [0.29, 0.717) is 6.54 Å². The Morgan fingerprint density at radius 3 is 3.06 bits per heavy atom. The molecule has 0 bridgehead atoms. The zero-order valence-corrected chi connectivity index (χ0v) is 10.2. The highest BCUT2D eigenvalue weighted by molar-refractivity contribution is 5.95. The third-order valence-corrected chi connectivity index (χ3v) is 3.50. The molecule has 1 amide bonds. The van der Waals surface area contributed by atoms with E-state index in [-0.39, 0.29) is 11.9 Å². The number of carbonyl (C=O) groups excluding carboxylic acids is 1. The molecular weight excluding hydrogens is 226 g/mol. The average Bonchev–Trinajstić information content (AvgIpc) is 2.81. The van der Waals surface area contributed by atoms with Crippen LogP contribution in [0.5, 0.6) is 0 Å². The minimum Gasteiger partial charge on any atom is -0.337 e. The molecule has 1 unspecified atom stereocenters. The first-order chi connectivity index (χ1) is 8.74. The number of pyridine rings is 1. The van der Waals surface area contributed by atoms with Gasteiger partial charge in [-0.3, -0.25) is 4.79 Å². The summed E-state index contributed by atoms with van der Waals surface area (Å²) in [7, 11) is 0. The van der Waals surface area contributed by atoms with Crippen molar-refractivity contribution in [3.05, 3.63) is 42.2 Å². The average molecular weight is 243 g/mol. The SMILES string of the molecule is NC1CCCN(C(=O)c2cc3ccccn3c2)C1. The first-order valence-corrected chi connectivity index (χ1v) is 6.35. The van der Waals surface area contributed by atoms with E-state index in [0.717, 1.165) is 30.5 Å². The van der Waals surface area contributed by atoms with Crippen LogP contribution in [0.15, 0.2) is 36.7 Å². The molecule has 0 spiro atoms. The highest BCUT2D eigenvalue weighted by Crippen LogP contribution is 2.15. The van der Waals surface area contributed by atoms with Crippen molar-refractivity contribution in [2.45, 2.75) is 18.9 Å². The Morgan fingerprint density at radius 1 is 1.39 bits per heavy atom. The van der Waals surface area contributed by atoms with Gasteiger partial charge in [-0.15, -0.1) is 0 Å². The fraction of sp³-hybridized carbons (Fsp3) is 0.357. The second-order valence-electron chi connectivity index (χ2n) is 4.92. The van der Waals surface area contributed by atoms with E-state index in [1.54, 1.807) is 0 Å². The number of nitrogens with zero attached hydrogens (tertiary/aromatic N) is 2. The number of piperidine rings is 1. The molecule has 3 rings (SSSR count). The van der Waals surface area contributed by atoms with Gasteiger partial charge >= 0.3 is 0 Å². The molecule has 4 heteroatoms. The zero-order chi connectivity index (χ0) is 12.5. The van der Waals surface area contributed by atoms with Crippen molar-refractivity contribution in [1.29, 1.82) is 0 Å². The van der Waals surface area contributed by atoms with Gasteiger partial charge < -0.3 is 15.0 Å². The Balaban J connectivity index is 1.87. The van der Waals surface area contributed by atoms with Crippen molar-refractivity contribution in [2.24, 2.45) is 5.73 Å². The van der Waals surface area contributed by atoms with Crippen LogP contribution in [0, 0.1) is 0 Å². The maximum absolute atomic E-state index is 12.4. The molecule has 1 aliphatic rings. The number of rotatable bonds is 1. The number of amides is 1. The van der Waals surface area contributed by atoms with Gasteiger partial charge in [0.15, 0.2) is 0 Å². The Hall–Kier alpha value is -1.81. The van der Waals surface area contributed by atoms with Crippen LogP contribution in [0.25, 0.3) is 5.52 Å². The van der Waals surface area contributed by atoms with Gasteiger partial charge in [0.25, 0.3) is 5.91 Å². The second kappa shape index (κ2) is 4.46. The molecule has 3 heterocycles. The van der Waals surface area contributed by atoms with Crippen LogP contribution in [-0.2, 0) is 0 Å². The van der Waals surface area contributed by atoms with Gasteiger partial charge in [-0.05, 0) is 31.0 Å². The minimum atomic E-state index is 0.0915. The van der Waals surface area contributed by atoms with E-state index in [4.69, 9.17) is 5.73 Å². The highest BCUT2D eigenvalue weighted by Gasteiger charge is 2.22. The summed E-state index contributed by atoms with van der Waals surface area (Å²) >= 11 is 0. The molecule has 1 saturated heterocycles. The van der Waals surface area contributed by atoms with Gasteiger partial charge in [0.1, 0.15) is 0 Å². The summed E-state index contributed by atoms with van der Waals surface area (Å²) in [4.78, 5) is 14.2. The normalized spacial score (nSPS) is 20.3. The second-order valence-corrected chi connectivity index (χ2v) is 4.92. The first-order valence-electron chi connectivity index (χ1n) is 6.35. The van der Waals surface area contributed by atoms with E-state index in [2.05, 4.69) is 0 Å². The number of aromatic nitrogens is 1. The molecule has 1 aliphatic heterocycles. The highest BCUT2D eigenvalue weighted by atomic mass is 16.2. The predicted molar refractivity (Wildman–Crippen MR) is 70.5 cm³/mol. The summed E-state index contributed by atoms with van der Waals surface area (Å²) in [6.07, 6.45) is 5.85. The molecule has 2 aromatic rings. The lowest BCUT2D eigenvalue weighted by molar-refractivity contribution is 0.0709. The summed E-state index contributed by atoms with van der Waals surface area (Å²) in [6, 6.07) is 7.99. The zero-order valence-electron chi connectivity index (χ0n) is 10.2. The maximum atomic E-state index is 12.4. The van der Waals surface area contributed by atoms with Crippen molar-refractivity contribution >= 4 is 11.4 Å².